The van der Waals surface area contributed by atoms with Crippen LogP contribution in [0.2, 0.25) is 10.3 Å². The van der Waals surface area contributed by atoms with Gasteiger partial charge in [-0.1, -0.05) is 29.6 Å². The van der Waals surface area contributed by atoms with Gasteiger partial charge in [0.25, 0.3) is 0 Å². The number of aromatic nitrogens is 4. The summed E-state index contributed by atoms with van der Waals surface area (Å²) in [6.45, 7) is 7.53. The molecule has 0 amide bonds. The Balaban J connectivity index is 1.33. The van der Waals surface area contributed by atoms with Crippen LogP contribution >= 0.6 is 23.2 Å². The number of halogens is 3. The second kappa shape index (κ2) is 8.97. The Bertz CT molecular complexity index is 713. The molecule has 2 aromatic rings. The molecule has 0 N–H and O–H groups in total. The highest BCUT2D eigenvalue weighted by molar-refractivity contribution is 6.40. The summed E-state index contributed by atoms with van der Waals surface area (Å²) in [7, 11) is 0. The van der Waals surface area contributed by atoms with Crippen LogP contribution in [0, 0.1) is 12.7 Å². The van der Waals surface area contributed by atoms with E-state index in [0.717, 1.165) is 64.4 Å². The van der Waals surface area contributed by atoms with Gasteiger partial charge in [0, 0.05) is 32.7 Å². The number of imidazole rings is 1. The molecule has 6 nitrogen and oxygen atoms in total. The molecule has 26 heavy (non-hydrogen) atoms. The minimum atomic E-state index is -0.401. The van der Waals surface area contributed by atoms with Crippen molar-refractivity contribution in [2.45, 2.75) is 32.7 Å². The van der Waals surface area contributed by atoms with Gasteiger partial charge in [-0.3, -0.25) is 4.90 Å². The lowest BCUT2D eigenvalue weighted by Crippen LogP contribution is -2.47. The Hall–Kier alpha value is -1.44. The fourth-order valence-corrected chi connectivity index (χ4v) is 3.66. The molecule has 0 bridgehead atoms. The van der Waals surface area contributed by atoms with Crippen LogP contribution in [0.5, 0.6) is 0 Å². The zero-order chi connectivity index (χ0) is 18.5. The van der Waals surface area contributed by atoms with Crippen molar-refractivity contribution in [3.63, 3.8) is 0 Å². The molecule has 1 aliphatic heterocycles. The molecule has 0 spiro atoms. The molecule has 1 aliphatic rings. The van der Waals surface area contributed by atoms with E-state index in [1.807, 2.05) is 11.5 Å². The SMILES string of the molecule is Cc1nc(Cl)c(Cl)n1CCCCCN1CCN(c2ncc(F)cn2)CC1. The number of nitrogens with zero attached hydrogens (tertiary/aromatic N) is 6. The first-order valence-electron chi connectivity index (χ1n) is 8.87. The molecule has 3 heterocycles. The Morgan fingerprint density at radius 2 is 1.65 bits per heavy atom. The number of hydrogen-bond acceptors (Lipinski definition) is 5. The van der Waals surface area contributed by atoms with Crippen LogP contribution in [0.25, 0.3) is 0 Å². The lowest BCUT2D eigenvalue weighted by Gasteiger charge is -2.34. The van der Waals surface area contributed by atoms with Crippen molar-refractivity contribution in [1.29, 1.82) is 0 Å². The van der Waals surface area contributed by atoms with Gasteiger partial charge in [0.05, 0.1) is 12.4 Å². The second-order valence-electron chi connectivity index (χ2n) is 6.48. The number of unbranched alkanes of at least 4 members (excludes halogenated alkanes) is 2. The summed E-state index contributed by atoms with van der Waals surface area (Å²) in [5.41, 5.74) is 0. The number of hydrogen-bond donors (Lipinski definition) is 0. The predicted molar refractivity (Wildman–Crippen MR) is 101 cm³/mol. The van der Waals surface area contributed by atoms with Crippen LogP contribution in [0.15, 0.2) is 12.4 Å². The van der Waals surface area contributed by atoms with Crippen molar-refractivity contribution in [1.82, 2.24) is 24.4 Å². The maximum Gasteiger partial charge on any atom is 0.225 e. The average Bonchev–Trinajstić information content (AvgIpc) is 2.88. The molecular formula is C17H23Cl2FN6. The molecule has 1 fully saturated rings. The second-order valence-corrected chi connectivity index (χ2v) is 7.20. The monoisotopic (exact) mass is 400 g/mol. The molecule has 0 saturated carbocycles. The molecule has 1 saturated heterocycles. The third-order valence-electron chi connectivity index (χ3n) is 4.68. The van der Waals surface area contributed by atoms with E-state index in [2.05, 4.69) is 24.8 Å². The lowest BCUT2D eigenvalue weighted by molar-refractivity contribution is 0.250. The topological polar surface area (TPSA) is 50.1 Å². The Labute approximate surface area is 163 Å². The molecule has 2 aromatic heterocycles. The van der Waals surface area contributed by atoms with Gasteiger partial charge in [-0.05, 0) is 26.3 Å². The fraction of sp³-hybridized carbons (Fsp3) is 0.588. The van der Waals surface area contributed by atoms with E-state index in [1.54, 1.807) is 0 Å². The summed E-state index contributed by atoms with van der Waals surface area (Å²) in [6.07, 6.45) is 5.77. The van der Waals surface area contributed by atoms with Crippen LogP contribution in [0.4, 0.5) is 10.3 Å². The van der Waals surface area contributed by atoms with Crippen molar-refractivity contribution < 1.29 is 4.39 Å². The van der Waals surface area contributed by atoms with Gasteiger partial charge in [-0.2, -0.15) is 0 Å². The molecule has 0 unspecified atom stereocenters. The quantitative estimate of drug-likeness (QED) is 0.666. The van der Waals surface area contributed by atoms with Gasteiger partial charge >= 0.3 is 0 Å². The van der Waals surface area contributed by atoms with Gasteiger partial charge in [0.1, 0.15) is 11.0 Å². The molecule has 0 radical (unpaired) electrons. The van der Waals surface area contributed by atoms with Crippen LogP contribution in [0.1, 0.15) is 25.1 Å². The maximum absolute atomic E-state index is 12.9. The maximum atomic E-state index is 12.9. The van der Waals surface area contributed by atoms with E-state index in [4.69, 9.17) is 23.2 Å². The summed E-state index contributed by atoms with van der Waals surface area (Å²) in [6, 6.07) is 0. The molecule has 9 heteroatoms. The molecular weight excluding hydrogens is 378 g/mol. The summed E-state index contributed by atoms with van der Waals surface area (Å²) in [5.74, 6) is 1.07. The molecule has 0 atom stereocenters. The first-order chi connectivity index (χ1) is 12.5. The smallest absolute Gasteiger partial charge is 0.225 e. The fourth-order valence-electron chi connectivity index (χ4n) is 3.18. The number of anilines is 1. The van der Waals surface area contributed by atoms with Crippen molar-refractivity contribution >= 4 is 29.2 Å². The molecule has 0 aliphatic carbocycles. The number of rotatable bonds is 7. The summed E-state index contributed by atoms with van der Waals surface area (Å²) in [4.78, 5) is 16.8. The minimum Gasteiger partial charge on any atom is -0.338 e. The van der Waals surface area contributed by atoms with Crippen molar-refractivity contribution in [2.24, 2.45) is 0 Å². The molecule has 3 rings (SSSR count). The summed E-state index contributed by atoms with van der Waals surface area (Å²) < 4.78 is 14.9. The van der Waals surface area contributed by atoms with Gasteiger partial charge in [-0.15, -0.1) is 0 Å². The van der Waals surface area contributed by atoms with Crippen LogP contribution in [-0.4, -0.2) is 57.1 Å². The predicted octanol–water partition coefficient (Wildman–Crippen LogP) is 3.42. The van der Waals surface area contributed by atoms with E-state index >= 15 is 0 Å². The normalized spacial score (nSPS) is 15.6. The van der Waals surface area contributed by atoms with Crippen molar-refractivity contribution in [2.75, 3.05) is 37.6 Å². The average molecular weight is 401 g/mol. The highest BCUT2D eigenvalue weighted by Gasteiger charge is 2.18. The first-order valence-corrected chi connectivity index (χ1v) is 9.63. The van der Waals surface area contributed by atoms with E-state index in [0.29, 0.717) is 16.3 Å². The number of piperazine rings is 1. The third-order valence-corrected chi connectivity index (χ3v) is 5.42. The molecule has 142 valence electrons. The van der Waals surface area contributed by atoms with E-state index in [-0.39, 0.29) is 0 Å². The zero-order valence-corrected chi connectivity index (χ0v) is 16.3. The van der Waals surface area contributed by atoms with E-state index in [1.165, 1.54) is 12.4 Å². The Kier molecular flexibility index (Phi) is 6.67. The van der Waals surface area contributed by atoms with Gasteiger partial charge < -0.3 is 9.47 Å². The van der Waals surface area contributed by atoms with Gasteiger partial charge in [0.15, 0.2) is 11.0 Å². The van der Waals surface area contributed by atoms with E-state index < -0.39 is 5.82 Å². The van der Waals surface area contributed by atoms with Crippen molar-refractivity contribution in [3.05, 3.63) is 34.3 Å². The highest BCUT2D eigenvalue weighted by Crippen LogP contribution is 2.23. The van der Waals surface area contributed by atoms with Crippen LogP contribution in [0.3, 0.4) is 0 Å². The van der Waals surface area contributed by atoms with Gasteiger partial charge in [-0.25, -0.2) is 19.3 Å². The van der Waals surface area contributed by atoms with Crippen molar-refractivity contribution in [3.8, 4) is 0 Å². The third kappa shape index (κ3) is 4.84. The largest absolute Gasteiger partial charge is 0.338 e. The zero-order valence-electron chi connectivity index (χ0n) is 14.8. The molecule has 0 aromatic carbocycles. The van der Waals surface area contributed by atoms with Crippen LogP contribution < -0.4 is 4.90 Å². The minimum absolute atomic E-state index is 0.382. The Morgan fingerprint density at radius 1 is 1.00 bits per heavy atom. The van der Waals surface area contributed by atoms with Gasteiger partial charge in [0.2, 0.25) is 5.95 Å². The summed E-state index contributed by atoms with van der Waals surface area (Å²) in [5, 5.41) is 0.912. The van der Waals surface area contributed by atoms with E-state index in [9.17, 15) is 4.39 Å². The standard InChI is InChI=1S/C17H23Cl2FN6/c1-13-23-15(18)16(19)26(13)6-4-2-3-5-24-7-9-25(10-8-24)17-21-11-14(20)12-22-17/h11-12H,2-10H2,1H3. The highest BCUT2D eigenvalue weighted by atomic mass is 35.5. The number of aryl methyl sites for hydroxylation is 1. The first kappa shape index (κ1) is 19.3. The van der Waals surface area contributed by atoms with Crippen LogP contribution in [-0.2, 0) is 6.54 Å². The lowest BCUT2D eigenvalue weighted by atomic mass is 10.2. The summed E-state index contributed by atoms with van der Waals surface area (Å²) >= 11 is 12.1. The Morgan fingerprint density at radius 3 is 2.27 bits per heavy atom.